The number of nitrogens with zero attached hydrogens (tertiary/aromatic N) is 3. The third kappa shape index (κ3) is 5.16. The van der Waals surface area contributed by atoms with Crippen LogP contribution in [-0.2, 0) is 9.53 Å². The van der Waals surface area contributed by atoms with Gasteiger partial charge in [0.15, 0.2) is 23.4 Å². The number of halogens is 1. The molecule has 0 radical (unpaired) electrons. The molecule has 0 spiro atoms. The molecule has 1 unspecified atom stereocenters. The van der Waals surface area contributed by atoms with Crippen molar-refractivity contribution in [3.05, 3.63) is 70.1 Å². The molecule has 8 nitrogen and oxygen atoms in total. The number of pyridine rings is 1. The van der Waals surface area contributed by atoms with E-state index < -0.39 is 18.0 Å². The zero-order chi connectivity index (χ0) is 22.7. The van der Waals surface area contributed by atoms with Gasteiger partial charge in [-0.1, -0.05) is 23.7 Å². The van der Waals surface area contributed by atoms with Gasteiger partial charge in [0.1, 0.15) is 0 Å². The fraction of sp³-hybridized carbons (Fsp3) is 0.227. The van der Waals surface area contributed by atoms with E-state index in [1.165, 1.54) is 19.9 Å². The number of esters is 1. The molecule has 1 N–H and O–H groups in total. The molecule has 0 fully saturated rings. The lowest BCUT2D eigenvalue weighted by Crippen LogP contribution is -2.30. The summed E-state index contributed by atoms with van der Waals surface area (Å²) in [5.41, 5.74) is 2.40. The van der Waals surface area contributed by atoms with Gasteiger partial charge in [-0.2, -0.15) is 5.10 Å². The Bertz CT molecular complexity index is 1170. The number of carbonyl (C=O) groups is 3. The molecule has 160 valence electrons. The Morgan fingerprint density at radius 3 is 2.52 bits per heavy atom. The number of benzene rings is 1. The van der Waals surface area contributed by atoms with Crippen LogP contribution in [-0.4, -0.2) is 38.5 Å². The van der Waals surface area contributed by atoms with Crippen LogP contribution in [0, 0.1) is 13.8 Å². The molecule has 9 heteroatoms. The highest BCUT2D eigenvalue weighted by molar-refractivity contribution is 6.33. The number of nitrogens with one attached hydrogen (secondary N) is 1. The first-order valence-electron chi connectivity index (χ1n) is 9.48. The van der Waals surface area contributed by atoms with Gasteiger partial charge in [0.2, 0.25) is 0 Å². The zero-order valence-electron chi connectivity index (χ0n) is 17.5. The fourth-order valence-corrected chi connectivity index (χ4v) is 3.07. The molecule has 2 aromatic heterocycles. The molecule has 3 aromatic rings. The molecular weight excluding hydrogens is 420 g/mol. The summed E-state index contributed by atoms with van der Waals surface area (Å²) >= 11 is 6.14. The summed E-state index contributed by atoms with van der Waals surface area (Å²) in [5, 5.41) is 7.05. The number of amides is 1. The summed E-state index contributed by atoms with van der Waals surface area (Å²) in [6.07, 6.45) is -1.12. The summed E-state index contributed by atoms with van der Waals surface area (Å²) in [7, 11) is 0. The number of aryl methyl sites for hydroxylation is 2. The van der Waals surface area contributed by atoms with Crippen molar-refractivity contribution in [2.24, 2.45) is 0 Å². The van der Waals surface area contributed by atoms with Gasteiger partial charge in [0, 0.05) is 16.9 Å². The van der Waals surface area contributed by atoms with Gasteiger partial charge in [-0.3, -0.25) is 9.59 Å². The Hall–Kier alpha value is -3.52. The van der Waals surface area contributed by atoms with Gasteiger partial charge in [-0.25, -0.2) is 14.5 Å². The minimum atomic E-state index is -1.12. The van der Waals surface area contributed by atoms with E-state index in [2.05, 4.69) is 15.4 Å². The van der Waals surface area contributed by atoms with Gasteiger partial charge < -0.3 is 10.1 Å². The number of anilines is 1. The van der Waals surface area contributed by atoms with Crippen LogP contribution in [0.5, 0.6) is 0 Å². The van der Waals surface area contributed by atoms with Crippen molar-refractivity contribution in [2.45, 2.75) is 33.8 Å². The summed E-state index contributed by atoms with van der Waals surface area (Å²) in [5.74, 6) is -1.12. The highest BCUT2D eigenvalue weighted by Crippen LogP contribution is 2.19. The first kappa shape index (κ1) is 22.2. The normalized spacial score (nSPS) is 11.6. The molecule has 31 heavy (non-hydrogen) atoms. The number of ether oxygens (including phenoxy) is 1. The van der Waals surface area contributed by atoms with E-state index in [1.807, 2.05) is 19.9 Å². The number of carbonyl (C=O) groups excluding carboxylic acids is 3. The standard InChI is InChI=1S/C22H21ClN4O4/c1-12-10-13(2)27(26-12)19-9-8-18(23)20(25-19)22(30)31-15(4)21(29)24-17-7-5-6-16(11-17)14(3)28/h5-11,15H,1-4H3,(H,24,29). The fourth-order valence-electron chi connectivity index (χ4n) is 2.88. The second kappa shape index (κ2) is 9.09. The van der Waals surface area contributed by atoms with Crippen molar-refractivity contribution in [2.75, 3.05) is 5.32 Å². The van der Waals surface area contributed by atoms with Gasteiger partial charge >= 0.3 is 5.97 Å². The summed E-state index contributed by atoms with van der Waals surface area (Å²) < 4.78 is 6.84. The number of Topliss-reactive ketones (excluding diaryl/α,β-unsaturated/α-hetero) is 1. The SMILES string of the molecule is CC(=O)c1cccc(NC(=O)C(C)OC(=O)c2nc(-n3nc(C)cc3C)ccc2Cl)c1. The third-order valence-corrected chi connectivity index (χ3v) is 4.75. The van der Waals surface area contributed by atoms with Crippen molar-refractivity contribution in [3.8, 4) is 5.82 Å². The van der Waals surface area contributed by atoms with Crippen LogP contribution in [0.15, 0.2) is 42.5 Å². The number of hydrogen-bond acceptors (Lipinski definition) is 6. The average molecular weight is 441 g/mol. The highest BCUT2D eigenvalue weighted by Gasteiger charge is 2.23. The second-order valence-electron chi connectivity index (χ2n) is 7.01. The Labute approximate surface area is 184 Å². The smallest absolute Gasteiger partial charge is 0.359 e. The zero-order valence-corrected chi connectivity index (χ0v) is 18.2. The Kier molecular flexibility index (Phi) is 6.50. The Morgan fingerprint density at radius 1 is 1.13 bits per heavy atom. The summed E-state index contributed by atoms with van der Waals surface area (Å²) in [6.45, 7) is 6.58. The molecule has 0 aliphatic heterocycles. The van der Waals surface area contributed by atoms with Crippen LogP contribution in [0.25, 0.3) is 5.82 Å². The summed E-state index contributed by atoms with van der Waals surface area (Å²) in [6, 6.07) is 11.5. The Balaban J connectivity index is 1.74. The predicted molar refractivity (Wildman–Crippen MR) is 116 cm³/mol. The predicted octanol–water partition coefficient (Wildman–Crippen LogP) is 3.92. The maximum Gasteiger partial charge on any atom is 0.359 e. The molecule has 1 aromatic carbocycles. The van der Waals surface area contributed by atoms with Crippen molar-refractivity contribution >= 4 is 34.9 Å². The maximum atomic E-state index is 12.6. The minimum Gasteiger partial charge on any atom is -0.448 e. The van der Waals surface area contributed by atoms with E-state index in [9.17, 15) is 14.4 Å². The van der Waals surface area contributed by atoms with Crippen molar-refractivity contribution in [1.82, 2.24) is 14.8 Å². The van der Waals surface area contributed by atoms with Crippen LogP contribution in [0.2, 0.25) is 5.02 Å². The van der Waals surface area contributed by atoms with Gasteiger partial charge in [-0.15, -0.1) is 0 Å². The minimum absolute atomic E-state index is 0.0945. The molecule has 0 saturated carbocycles. The van der Waals surface area contributed by atoms with E-state index in [1.54, 1.807) is 35.0 Å². The number of hydrogen-bond donors (Lipinski definition) is 1. The van der Waals surface area contributed by atoms with Gasteiger partial charge in [-0.05, 0) is 58.0 Å². The first-order valence-corrected chi connectivity index (χ1v) is 9.86. The van der Waals surface area contributed by atoms with Crippen LogP contribution >= 0.6 is 11.6 Å². The number of aromatic nitrogens is 3. The molecule has 0 aliphatic rings. The topological polar surface area (TPSA) is 103 Å². The molecular formula is C22H21ClN4O4. The van der Waals surface area contributed by atoms with Crippen molar-refractivity contribution < 1.29 is 19.1 Å². The first-order chi connectivity index (χ1) is 14.7. The van der Waals surface area contributed by atoms with Crippen LogP contribution in [0.4, 0.5) is 5.69 Å². The third-order valence-electron chi connectivity index (χ3n) is 4.44. The van der Waals surface area contributed by atoms with E-state index in [0.717, 1.165) is 11.4 Å². The molecule has 2 heterocycles. The molecule has 3 rings (SSSR count). The molecule has 0 aliphatic carbocycles. The number of ketones is 1. The van der Waals surface area contributed by atoms with E-state index in [4.69, 9.17) is 16.3 Å². The van der Waals surface area contributed by atoms with E-state index >= 15 is 0 Å². The molecule has 0 saturated heterocycles. The maximum absolute atomic E-state index is 12.6. The quantitative estimate of drug-likeness (QED) is 0.460. The second-order valence-corrected chi connectivity index (χ2v) is 7.42. The van der Waals surface area contributed by atoms with Crippen LogP contribution in [0.3, 0.4) is 0 Å². The molecule has 1 atom stereocenters. The van der Waals surface area contributed by atoms with E-state index in [0.29, 0.717) is 17.1 Å². The van der Waals surface area contributed by atoms with Gasteiger partial charge in [0.25, 0.3) is 5.91 Å². The summed E-state index contributed by atoms with van der Waals surface area (Å²) in [4.78, 5) is 40.8. The lowest BCUT2D eigenvalue weighted by Gasteiger charge is -2.14. The largest absolute Gasteiger partial charge is 0.448 e. The highest BCUT2D eigenvalue weighted by atomic mass is 35.5. The van der Waals surface area contributed by atoms with Crippen LogP contribution in [0.1, 0.15) is 46.1 Å². The lowest BCUT2D eigenvalue weighted by molar-refractivity contribution is -0.123. The number of rotatable bonds is 6. The average Bonchev–Trinajstić information content (AvgIpc) is 3.06. The Morgan fingerprint density at radius 2 is 1.87 bits per heavy atom. The van der Waals surface area contributed by atoms with Crippen LogP contribution < -0.4 is 5.32 Å². The van der Waals surface area contributed by atoms with E-state index in [-0.39, 0.29) is 16.5 Å². The van der Waals surface area contributed by atoms with Crippen molar-refractivity contribution in [1.29, 1.82) is 0 Å². The molecule has 0 bridgehead atoms. The van der Waals surface area contributed by atoms with Crippen molar-refractivity contribution in [3.63, 3.8) is 0 Å². The van der Waals surface area contributed by atoms with Gasteiger partial charge in [0.05, 0.1) is 10.7 Å². The molecule has 1 amide bonds. The lowest BCUT2D eigenvalue weighted by atomic mass is 10.1. The monoisotopic (exact) mass is 440 g/mol.